The maximum atomic E-state index is 3.00. The molecule has 0 N–H and O–H groups in total. The topological polar surface area (TPSA) is 0 Å². The molecule has 0 spiro atoms. The van der Waals surface area contributed by atoms with Gasteiger partial charge in [0.15, 0.2) is 0 Å². The molecule has 0 aromatic rings. The molecule has 0 aromatic heterocycles. The van der Waals surface area contributed by atoms with Crippen LogP contribution in [0.15, 0.2) is 26.3 Å². The lowest BCUT2D eigenvalue weighted by molar-refractivity contribution is 1.50. The third-order valence-corrected chi connectivity index (χ3v) is 0. The van der Waals surface area contributed by atoms with Crippen molar-refractivity contribution in [3.05, 3.63) is 26.3 Å². The first-order valence-corrected chi connectivity index (χ1v) is 3.00. The van der Waals surface area contributed by atoms with E-state index in [0.717, 1.165) is 0 Å². The molecule has 0 unspecified atom stereocenters. The van der Waals surface area contributed by atoms with Gasteiger partial charge in [-0.3, -0.25) is 0 Å². The molecule has 0 saturated heterocycles. The van der Waals surface area contributed by atoms with Gasteiger partial charge in [0.2, 0.25) is 0 Å². The first-order valence-electron chi connectivity index (χ1n) is 3.00. The Hall–Kier alpha value is -0.520. The van der Waals surface area contributed by atoms with E-state index in [1.807, 2.05) is 27.7 Å². The summed E-state index contributed by atoms with van der Waals surface area (Å²) >= 11 is 0. The summed E-state index contributed by atoms with van der Waals surface area (Å²) in [5.41, 5.74) is 0. The van der Waals surface area contributed by atoms with Crippen LogP contribution in [0, 0.1) is 0 Å². The van der Waals surface area contributed by atoms with Gasteiger partial charge >= 0.3 is 0 Å². The monoisotopic (exact) mass is 148 g/mol. The zero-order valence-corrected chi connectivity index (χ0v) is 6.83. The van der Waals surface area contributed by atoms with Gasteiger partial charge in [0.1, 0.15) is 0 Å². The average molecular weight is 148 g/mol. The molecule has 10 heavy (non-hydrogen) atoms. The third-order valence-electron chi connectivity index (χ3n) is 0. The summed E-state index contributed by atoms with van der Waals surface area (Å²) in [5.74, 6) is 0. The van der Waals surface area contributed by atoms with Crippen molar-refractivity contribution >= 4 is 0 Å². The molecule has 0 aliphatic heterocycles. The van der Waals surface area contributed by atoms with E-state index in [1.165, 1.54) is 0 Å². The summed E-state index contributed by atoms with van der Waals surface area (Å²) in [6, 6.07) is 0. The minimum Gasteiger partial charge on any atom is -0.106 e. The molecule has 68 valence electrons. The minimum atomic E-state index is 0. The van der Waals surface area contributed by atoms with Gasteiger partial charge in [0, 0.05) is 0 Å². The molecule has 0 bridgehead atoms. The van der Waals surface area contributed by atoms with Crippen LogP contribution >= 0.6 is 0 Å². The Balaban J connectivity index is -0.00000000500. The molecule has 0 aromatic carbocycles. The van der Waals surface area contributed by atoms with E-state index in [9.17, 15) is 0 Å². The fraction of sp³-hybridized carbons (Fsp3) is 0.600. The van der Waals surface area contributed by atoms with E-state index in [2.05, 4.69) is 26.3 Å². The number of hydrogen-bond donors (Lipinski definition) is 0. The van der Waals surface area contributed by atoms with Crippen LogP contribution in [0.5, 0.6) is 0 Å². The smallest absolute Gasteiger partial charge is 0.0683 e. The molecule has 0 heterocycles. The maximum absolute atomic E-state index is 3.00. The predicted molar refractivity (Wildman–Crippen MR) is 58.7 cm³/mol. The third kappa shape index (κ3) is 1160. The summed E-state index contributed by atoms with van der Waals surface area (Å²) in [6.45, 7) is 20.0. The summed E-state index contributed by atoms with van der Waals surface area (Å²) < 4.78 is 0. The quantitative estimate of drug-likeness (QED) is 0.427. The van der Waals surface area contributed by atoms with E-state index in [4.69, 9.17) is 0 Å². The first-order chi connectivity index (χ1) is 4.00. The summed E-state index contributed by atoms with van der Waals surface area (Å²) in [4.78, 5) is 0. The van der Waals surface area contributed by atoms with Gasteiger partial charge in [0.05, 0.1) is 0 Å². The molecule has 0 fully saturated rings. The molecule has 0 heteroatoms. The van der Waals surface area contributed by atoms with Gasteiger partial charge in [-0.2, -0.15) is 0 Å². The van der Waals surface area contributed by atoms with Crippen molar-refractivity contribution < 1.29 is 0 Å². The van der Waals surface area contributed by atoms with Crippen LogP contribution in [-0.4, -0.2) is 0 Å². The van der Waals surface area contributed by atoms with Gasteiger partial charge in [-0.1, -0.05) is 42.5 Å². The molecule has 0 nitrogen and oxygen atoms in total. The number of hydrogen-bond acceptors (Lipinski definition) is 0. The highest BCUT2D eigenvalue weighted by Crippen LogP contribution is 1.15. The van der Waals surface area contributed by atoms with E-state index >= 15 is 0 Å². The lowest BCUT2D eigenvalue weighted by Gasteiger charge is -1.07. The van der Waals surface area contributed by atoms with E-state index in [-0.39, 0.29) is 14.9 Å². The van der Waals surface area contributed by atoms with Crippen molar-refractivity contribution in [2.24, 2.45) is 0 Å². The Morgan fingerprint density at radius 1 is 0.500 bits per heavy atom. The minimum absolute atomic E-state index is 0. The molecule has 0 radical (unpaired) electrons. The lowest BCUT2D eigenvalue weighted by Crippen LogP contribution is -0.856. The fourth-order valence-electron chi connectivity index (χ4n) is 0. The SMILES string of the molecule is C.C.C=C.C=C.CC.CC. The van der Waals surface area contributed by atoms with E-state index in [1.54, 1.807) is 0 Å². The van der Waals surface area contributed by atoms with Crippen LogP contribution in [0.2, 0.25) is 0 Å². The van der Waals surface area contributed by atoms with Gasteiger partial charge in [-0.25, -0.2) is 0 Å². The Morgan fingerprint density at radius 2 is 0.500 bits per heavy atom. The molecule has 0 rings (SSSR count). The summed E-state index contributed by atoms with van der Waals surface area (Å²) in [7, 11) is 0. The molecular weight excluding hydrogens is 120 g/mol. The van der Waals surface area contributed by atoms with Gasteiger partial charge in [-0.15, -0.1) is 26.3 Å². The van der Waals surface area contributed by atoms with Crippen LogP contribution in [0.4, 0.5) is 0 Å². The van der Waals surface area contributed by atoms with Crippen molar-refractivity contribution in [2.75, 3.05) is 0 Å². The van der Waals surface area contributed by atoms with Gasteiger partial charge in [0.25, 0.3) is 0 Å². The molecule has 0 aliphatic rings. The second-order valence-corrected chi connectivity index (χ2v) is 0. The van der Waals surface area contributed by atoms with Crippen molar-refractivity contribution in [1.82, 2.24) is 0 Å². The van der Waals surface area contributed by atoms with Crippen molar-refractivity contribution in [2.45, 2.75) is 42.5 Å². The summed E-state index contributed by atoms with van der Waals surface area (Å²) in [6.07, 6.45) is 0. The Labute approximate surface area is 69.7 Å². The highest BCUT2D eigenvalue weighted by molar-refractivity contribution is 4.22. The second-order valence-electron chi connectivity index (χ2n) is 0. The van der Waals surface area contributed by atoms with Gasteiger partial charge in [-0.05, 0) is 0 Å². The van der Waals surface area contributed by atoms with Crippen LogP contribution in [0.1, 0.15) is 42.5 Å². The zero-order chi connectivity index (χ0) is 8.00. The Morgan fingerprint density at radius 3 is 0.500 bits per heavy atom. The van der Waals surface area contributed by atoms with Gasteiger partial charge < -0.3 is 0 Å². The highest BCUT2D eigenvalue weighted by Gasteiger charge is 0.934. The van der Waals surface area contributed by atoms with Crippen molar-refractivity contribution in [3.8, 4) is 0 Å². The van der Waals surface area contributed by atoms with Crippen LogP contribution in [-0.2, 0) is 0 Å². The van der Waals surface area contributed by atoms with Crippen molar-refractivity contribution in [1.29, 1.82) is 0 Å². The van der Waals surface area contributed by atoms with Crippen LogP contribution < -0.4 is 0 Å². The normalized spacial score (nSPS) is 2.00. The lowest BCUT2D eigenvalue weighted by atomic mass is 11.0. The largest absolute Gasteiger partial charge is 0.106 e. The van der Waals surface area contributed by atoms with Crippen molar-refractivity contribution in [3.63, 3.8) is 0 Å². The zero-order valence-electron chi connectivity index (χ0n) is 6.83. The molecule has 0 aliphatic carbocycles. The molecular formula is C10H28. The number of rotatable bonds is 0. The summed E-state index contributed by atoms with van der Waals surface area (Å²) in [5, 5.41) is 0. The highest BCUT2D eigenvalue weighted by atomic mass is 13.0. The Kier molecular flexibility index (Phi) is 9880. The first kappa shape index (κ1) is 56.3. The van der Waals surface area contributed by atoms with Crippen LogP contribution in [0.3, 0.4) is 0 Å². The average Bonchev–Trinajstić information content (AvgIpc) is 2.03. The van der Waals surface area contributed by atoms with Crippen LogP contribution in [0.25, 0.3) is 0 Å². The predicted octanol–water partition coefficient (Wildman–Crippen LogP) is 4.93. The second kappa shape index (κ2) is 1750. The molecule has 0 atom stereocenters. The maximum Gasteiger partial charge on any atom is -0.0683 e. The Bertz CT molecular complexity index is 2.00. The molecule has 0 amide bonds. The van der Waals surface area contributed by atoms with E-state index in [0.29, 0.717) is 0 Å². The van der Waals surface area contributed by atoms with E-state index < -0.39 is 0 Å². The fourth-order valence-corrected chi connectivity index (χ4v) is 0. The molecule has 0 saturated carbocycles. The standard InChI is InChI=1S/2C2H6.2C2H4.2CH4/c4*1-2;;/h2*1-2H3;2*1-2H2;2*1H4.